The van der Waals surface area contributed by atoms with Gasteiger partial charge in [0.25, 0.3) is 0 Å². The molecular weight excluding hydrogens is 220 g/mol. The quantitative estimate of drug-likeness (QED) is 0.736. The number of hydrogen-bond acceptors (Lipinski definition) is 1. The third-order valence-electron chi connectivity index (χ3n) is 3.34. The fourth-order valence-corrected chi connectivity index (χ4v) is 2.27. The fourth-order valence-electron chi connectivity index (χ4n) is 2.27. The van der Waals surface area contributed by atoms with Crippen LogP contribution < -0.4 is 0 Å². The Labute approximate surface area is 108 Å². The van der Waals surface area contributed by atoms with Crippen molar-refractivity contribution in [3.63, 3.8) is 0 Å². The number of aryl methyl sites for hydroxylation is 3. The van der Waals surface area contributed by atoms with Gasteiger partial charge in [0.15, 0.2) is 5.78 Å². The van der Waals surface area contributed by atoms with E-state index in [4.69, 9.17) is 0 Å². The highest BCUT2D eigenvalue weighted by atomic mass is 16.1. The molecule has 18 heavy (non-hydrogen) atoms. The molecule has 0 aromatic heterocycles. The van der Waals surface area contributed by atoms with Crippen molar-refractivity contribution >= 4 is 5.78 Å². The van der Waals surface area contributed by atoms with Gasteiger partial charge in [0, 0.05) is 11.1 Å². The maximum atomic E-state index is 12.4. The van der Waals surface area contributed by atoms with Crippen LogP contribution in [0, 0.1) is 13.8 Å². The molecule has 0 saturated carbocycles. The van der Waals surface area contributed by atoms with Crippen LogP contribution in [-0.4, -0.2) is 5.78 Å². The first-order chi connectivity index (χ1) is 8.63. The average molecular weight is 238 g/mol. The summed E-state index contributed by atoms with van der Waals surface area (Å²) in [5.74, 6) is 0.114. The Kier molecular flexibility index (Phi) is 3.61. The number of ketones is 1. The van der Waals surface area contributed by atoms with E-state index in [1.165, 1.54) is 11.1 Å². The maximum Gasteiger partial charge on any atom is 0.193 e. The van der Waals surface area contributed by atoms with Crippen molar-refractivity contribution in [3.8, 4) is 0 Å². The molecule has 0 spiro atoms. The van der Waals surface area contributed by atoms with Crippen molar-refractivity contribution in [2.24, 2.45) is 0 Å². The number of carbonyl (C=O) groups excluding carboxylic acids is 1. The van der Waals surface area contributed by atoms with Crippen LogP contribution in [0.1, 0.15) is 39.5 Å². The van der Waals surface area contributed by atoms with Gasteiger partial charge in [-0.2, -0.15) is 0 Å². The lowest BCUT2D eigenvalue weighted by atomic mass is 9.93. The molecule has 2 aromatic carbocycles. The van der Waals surface area contributed by atoms with Crippen molar-refractivity contribution in [3.05, 3.63) is 70.3 Å². The summed E-state index contributed by atoms with van der Waals surface area (Å²) in [4.78, 5) is 12.4. The Balaban J connectivity index is 2.48. The zero-order valence-electron chi connectivity index (χ0n) is 11.2. The van der Waals surface area contributed by atoms with Crippen LogP contribution in [-0.2, 0) is 6.42 Å². The molecule has 0 amide bonds. The van der Waals surface area contributed by atoms with Gasteiger partial charge in [-0.05, 0) is 43.0 Å². The minimum absolute atomic E-state index is 0.114. The van der Waals surface area contributed by atoms with Gasteiger partial charge in [-0.1, -0.05) is 43.3 Å². The van der Waals surface area contributed by atoms with Crippen LogP contribution >= 0.6 is 0 Å². The topological polar surface area (TPSA) is 17.1 Å². The summed E-state index contributed by atoms with van der Waals surface area (Å²) < 4.78 is 0. The van der Waals surface area contributed by atoms with Gasteiger partial charge in [-0.15, -0.1) is 0 Å². The van der Waals surface area contributed by atoms with E-state index in [2.05, 4.69) is 19.9 Å². The van der Waals surface area contributed by atoms with Gasteiger partial charge >= 0.3 is 0 Å². The molecule has 0 saturated heterocycles. The largest absolute Gasteiger partial charge is 0.289 e. The average Bonchev–Trinajstić information content (AvgIpc) is 2.39. The first kappa shape index (κ1) is 12.6. The second-order valence-corrected chi connectivity index (χ2v) is 4.64. The van der Waals surface area contributed by atoms with Crippen molar-refractivity contribution in [1.29, 1.82) is 0 Å². The normalized spacial score (nSPS) is 10.4. The lowest BCUT2D eigenvalue weighted by Gasteiger charge is -2.10. The van der Waals surface area contributed by atoms with Crippen LogP contribution in [0.25, 0.3) is 0 Å². The van der Waals surface area contributed by atoms with E-state index >= 15 is 0 Å². The van der Waals surface area contributed by atoms with Gasteiger partial charge in [0.05, 0.1) is 0 Å². The van der Waals surface area contributed by atoms with Crippen LogP contribution in [0.5, 0.6) is 0 Å². The van der Waals surface area contributed by atoms with Gasteiger partial charge in [0.2, 0.25) is 0 Å². The first-order valence-corrected chi connectivity index (χ1v) is 6.33. The second kappa shape index (κ2) is 5.18. The molecular formula is C17H18O. The Hall–Kier alpha value is -1.89. The molecule has 0 unspecified atom stereocenters. The highest BCUT2D eigenvalue weighted by Crippen LogP contribution is 2.19. The molecule has 0 aliphatic carbocycles. The molecule has 0 bridgehead atoms. The Morgan fingerprint density at radius 1 is 1.00 bits per heavy atom. The predicted molar refractivity (Wildman–Crippen MR) is 75.2 cm³/mol. The van der Waals surface area contributed by atoms with E-state index in [1.54, 1.807) is 0 Å². The Bertz CT molecular complexity index is 568. The van der Waals surface area contributed by atoms with E-state index in [0.29, 0.717) is 0 Å². The summed E-state index contributed by atoms with van der Waals surface area (Å²) in [5.41, 5.74) is 5.15. The van der Waals surface area contributed by atoms with Crippen molar-refractivity contribution in [1.82, 2.24) is 0 Å². The van der Waals surface area contributed by atoms with E-state index in [0.717, 1.165) is 23.1 Å². The fraction of sp³-hybridized carbons (Fsp3) is 0.235. The van der Waals surface area contributed by atoms with Gasteiger partial charge < -0.3 is 0 Å². The van der Waals surface area contributed by atoms with E-state index in [1.807, 2.05) is 43.3 Å². The molecule has 2 rings (SSSR count). The lowest BCUT2D eigenvalue weighted by molar-refractivity contribution is 0.103. The number of hydrogen-bond donors (Lipinski definition) is 0. The zero-order chi connectivity index (χ0) is 13.1. The minimum atomic E-state index is 0.114. The summed E-state index contributed by atoms with van der Waals surface area (Å²) in [7, 11) is 0. The number of rotatable bonds is 3. The molecule has 0 N–H and O–H groups in total. The molecule has 1 heteroatoms. The summed E-state index contributed by atoms with van der Waals surface area (Å²) in [6.07, 6.45) is 0.960. The number of benzene rings is 2. The van der Waals surface area contributed by atoms with Crippen LogP contribution in [0.3, 0.4) is 0 Å². The van der Waals surface area contributed by atoms with Crippen molar-refractivity contribution in [2.75, 3.05) is 0 Å². The van der Waals surface area contributed by atoms with E-state index in [9.17, 15) is 4.79 Å². The monoisotopic (exact) mass is 238 g/mol. The smallest absolute Gasteiger partial charge is 0.193 e. The van der Waals surface area contributed by atoms with E-state index in [-0.39, 0.29) is 5.78 Å². The molecule has 0 aliphatic rings. The van der Waals surface area contributed by atoms with Gasteiger partial charge in [-0.25, -0.2) is 0 Å². The van der Waals surface area contributed by atoms with Gasteiger partial charge in [-0.3, -0.25) is 4.79 Å². The lowest BCUT2D eigenvalue weighted by Crippen LogP contribution is -2.05. The van der Waals surface area contributed by atoms with Crippen LogP contribution in [0.4, 0.5) is 0 Å². The Morgan fingerprint density at radius 3 is 2.28 bits per heavy atom. The SMILES string of the molecule is CCc1cc(C(=O)c2ccccc2)c(C)cc1C. The van der Waals surface area contributed by atoms with Crippen LogP contribution in [0.15, 0.2) is 42.5 Å². The first-order valence-electron chi connectivity index (χ1n) is 6.33. The maximum absolute atomic E-state index is 12.4. The van der Waals surface area contributed by atoms with E-state index < -0.39 is 0 Å². The molecule has 92 valence electrons. The summed E-state index contributed by atoms with van der Waals surface area (Å²) in [6, 6.07) is 13.6. The molecule has 2 aromatic rings. The highest BCUT2D eigenvalue weighted by Gasteiger charge is 2.13. The van der Waals surface area contributed by atoms with Crippen LogP contribution in [0.2, 0.25) is 0 Å². The zero-order valence-corrected chi connectivity index (χ0v) is 11.2. The highest BCUT2D eigenvalue weighted by molar-refractivity contribution is 6.10. The molecule has 0 heterocycles. The minimum Gasteiger partial charge on any atom is -0.289 e. The Morgan fingerprint density at radius 2 is 1.67 bits per heavy atom. The molecule has 0 fully saturated rings. The van der Waals surface area contributed by atoms with Gasteiger partial charge in [0.1, 0.15) is 0 Å². The summed E-state index contributed by atoms with van der Waals surface area (Å²) in [6.45, 7) is 6.22. The second-order valence-electron chi connectivity index (χ2n) is 4.64. The molecule has 0 aliphatic heterocycles. The van der Waals surface area contributed by atoms with Crippen molar-refractivity contribution in [2.45, 2.75) is 27.2 Å². The molecule has 1 nitrogen and oxygen atoms in total. The molecule has 0 radical (unpaired) electrons. The number of carbonyl (C=O) groups is 1. The third kappa shape index (κ3) is 2.35. The third-order valence-corrected chi connectivity index (χ3v) is 3.34. The summed E-state index contributed by atoms with van der Waals surface area (Å²) in [5, 5.41) is 0. The predicted octanol–water partition coefficient (Wildman–Crippen LogP) is 4.10. The molecule has 0 atom stereocenters. The summed E-state index contributed by atoms with van der Waals surface area (Å²) >= 11 is 0. The standard InChI is InChI=1S/C17H18O/c1-4-14-11-16(13(3)10-12(14)2)17(18)15-8-6-5-7-9-15/h5-11H,4H2,1-3H3. The van der Waals surface area contributed by atoms with Crippen molar-refractivity contribution < 1.29 is 4.79 Å².